The Morgan fingerprint density at radius 1 is 1.13 bits per heavy atom. The van der Waals surface area contributed by atoms with Gasteiger partial charge in [-0.15, -0.1) is 0 Å². The molecule has 0 radical (unpaired) electrons. The van der Waals surface area contributed by atoms with Gasteiger partial charge in [0.2, 0.25) is 0 Å². The molecule has 6 heteroatoms. The van der Waals surface area contributed by atoms with E-state index in [9.17, 15) is 4.79 Å². The monoisotopic (exact) mass is 402 g/mol. The summed E-state index contributed by atoms with van der Waals surface area (Å²) in [5.41, 5.74) is 3.27. The van der Waals surface area contributed by atoms with E-state index in [0.717, 1.165) is 18.7 Å². The second-order valence-corrected chi connectivity index (χ2v) is 7.76. The molecule has 0 aliphatic heterocycles. The highest BCUT2D eigenvalue weighted by Crippen LogP contribution is 2.21. The van der Waals surface area contributed by atoms with E-state index in [1.54, 1.807) is 6.20 Å². The van der Waals surface area contributed by atoms with Crippen molar-refractivity contribution >= 4 is 17.0 Å². The number of hydrogen-bond acceptors (Lipinski definition) is 4. The maximum absolute atomic E-state index is 13.2. The molecule has 0 unspecified atom stereocenters. The molecule has 0 saturated heterocycles. The fourth-order valence-electron chi connectivity index (χ4n) is 3.47. The third kappa shape index (κ3) is 4.27. The van der Waals surface area contributed by atoms with Crippen LogP contribution in [0.15, 0.2) is 65.3 Å². The summed E-state index contributed by atoms with van der Waals surface area (Å²) in [6, 6.07) is 15.8. The van der Waals surface area contributed by atoms with Gasteiger partial charge in [0.05, 0.1) is 6.54 Å². The fraction of sp³-hybridized carbons (Fsp3) is 0.292. The topological polar surface area (TPSA) is 64.2 Å². The molecule has 0 atom stereocenters. The Morgan fingerprint density at radius 2 is 1.93 bits per heavy atom. The highest BCUT2D eigenvalue weighted by Gasteiger charge is 2.21. The minimum atomic E-state index is -0.0382. The number of amides is 1. The quantitative estimate of drug-likeness (QED) is 0.460. The van der Waals surface area contributed by atoms with Crippen molar-refractivity contribution in [2.75, 3.05) is 0 Å². The molecule has 2 aromatic carbocycles. The maximum Gasteiger partial charge on any atom is 0.254 e. The van der Waals surface area contributed by atoms with Crippen LogP contribution in [0.25, 0.3) is 11.1 Å². The zero-order valence-corrected chi connectivity index (χ0v) is 17.6. The van der Waals surface area contributed by atoms with Gasteiger partial charge in [0.1, 0.15) is 11.3 Å². The summed E-state index contributed by atoms with van der Waals surface area (Å²) in [5, 5.41) is 0. The second kappa shape index (κ2) is 8.53. The van der Waals surface area contributed by atoms with E-state index in [4.69, 9.17) is 4.42 Å². The van der Waals surface area contributed by atoms with Gasteiger partial charge in [-0.1, -0.05) is 30.3 Å². The van der Waals surface area contributed by atoms with Gasteiger partial charge in [-0.25, -0.2) is 9.97 Å². The van der Waals surface area contributed by atoms with Crippen molar-refractivity contribution in [2.45, 2.75) is 39.3 Å². The molecule has 0 aliphatic rings. The number of fused-ring (bicyclic) bond motifs is 1. The molecule has 0 bridgehead atoms. The lowest BCUT2D eigenvalue weighted by Crippen LogP contribution is -2.37. The van der Waals surface area contributed by atoms with Crippen molar-refractivity contribution in [3.63, 3.8) is 0 Å². The summed E-state index contributed by atoms with van der Waals surface area (Å²) in [6.07, 6.45) is 5.22. The summed E-state index contributed by atoms with van der Waals surface area (Å²) in [6.45, 7) is 4.48. The Hall–Kier alpha value is -3.41. The van der Waals surface area contributed by atoms with Crippen molar-refractivity contribution in [3.8, 4) is 0 Å². The minimum Gasteiger partial charge on any atom is -0.441 e. The van der Waals surface area contributed by atoms with Crippen molar-refractivity contribution in [3.05, 3.63) is 83.8 Å². The first-order chi connectivity index (χ1) is 14.5. The number of benzene rings is 2. The molecule has 0 saturated carbocycles. The first-order valence-corrected chi connectivity index (χ1v) is 10.2. The third-order valence-electron chi connectivity index (χ3n) is 5.27. The Labute approximate surface area is 176 Å². The highest BCUT2D eigenvalue weighted by molar-refractivity contribution is 5.97. The van der Waals surface area contributed by atoms with Crippen LogP contribution in [-0.2, 0) is 26.4 Å². The number of carbonyl (C=O) groups is 1. The number of oxazole rings is 1. The van der Waals surface area contributed by atoms with Crippen LogP contribution in [0.2, 0.25) is 0 Å². The molecule has 30 heavy (non-hydrogen) atoms. The van der Waals surface area contributed by atoms with Gasteiger partial charge >= 0.3 is 0 Å². The standard InChI is InChI=1S/C24H26N4O2/c1-17(2)28(16-22-25-13-14-27(22)3)24(29)19-10-11-21-20(15-19)26-23(30-21)12-9-18-7-5-4-6-8-18/h4-8,10-11,13-15,17H,9,12,16H2,1-3H3. The molecular weight excluding hydrogens is 376 g/mol. The van der Waals surface area contributed by atoms with Crippen LogP contribution < -0.4 is 0 Å². The molecule has 2 heterocycles. The summed E-state index contributed by atoms with van der Waals surface area (Å²) < 4.78 is 7.82. The Balaban J connectivity index is 1.53. The second-order valence-electron chi connectivity index (χ2n) is 7.76. The van der Waals surface area contributed by atoms with E-state index in [0.29, 0.717) is 29.1 Å². The molecular formula is C24H26N4O2. The summed E-state index contributed by atoms with van der Waals surface area (Å²) in [5.74, 6) is 1.50. The molecule has 2 aromatic heterocycles. The van der Waals surface area contributed by atoms with Crippen LogP contribution in [-0.4, -0.2) is 31.4 Å². The summed E-state index contributed by atoms with van der Waals surface area (Å²) in [4.78, 5) is 24.0. The number of rotatable bonds is 7. The summed E-state index contributed by atoms with van der Waals surface area (Å²) >= 11 is 0. The number of aromatic nitrogens is 3. The maximum atomic E-state index is 13.2. The number of carbonyl (C=O) groups excluding carboxylic acids is 1. The Bertz CT molecular complexity index is 1140. The molecule has 0 spiro atoms. The van der Waals surface area contributed by atoms with E-state index < -0.39 is 0 Å². The van der Waals surface area contributed by atoms with Gasteiger partial charge in [-0.3, -0.25) is 4.79 Å². The van der Waals surface area contributed by atoms with Crippen LogP contribution in [0, 0.1) is 0 Å². The van der Waals surface area contributed by atoms with Crippen LogP contribution in [0.3, 0.4) is 0 Å². The Morgan fingerprint density at radius 3 is 2.63 bits per heavy atom. The van der Waals surface area contributed by atoms with Crippen LogP contribution >= 0.6 is 0 Å². The van der Waals surface area contributed by atoms with Gasteiger partial charge in [0, 0.05) is 37.5 Å². The summed E-state index contributed by atoms with van der Waals surface area (Å²) in [7, 11) is 1.93. The fourth-order valence-corrected chi connectivity index (χ4v) is 3.47. The lowest BCUT2D eigenvalue weighted by molar-refractivity contribution is 0.0683. The predicted molar refractivity (Wildman–Crippen MR) is 116 cm³/mol. The average Bonchev–Trinajstić information content (AvgIpc) is 3.35. The van der Waals surface area contributed by atoms with Gasteiger partial charge in [-0.2, -0.15) is 0 Å². The molecule has 1 amide bonds. The smallest absolute Gasteiger partial charge is 0.254 e. The number of imidazole rings is 1. The van der Waals surface area contributed by atoms with Gasteiger partial charge in [-0.05, 0) is 44.0 Å². The normalized spacial score (nSPS) is 11.3. The zero-order chi connectivity index (χ0) is 21.1. The molecule has 6 nitrogen and oxygen atoms in total. The lowest BCUT2D eigenvalue weighted by atomic mass is 10.1. The molecule has 154 valence electrons. The highest BCUT2D eigenvalue weighted by atomic mass is 16.3. The first-order valence-electron chi connectivity index (χ1n) is 10.2. The minimum absolute atomic E-state index is 0.0382. The van der Waals surface area contributed by atoms with E-state index in [2.05, 4.69) is 22.1 Å². The van der Waals surface area contributed by atoms with Gasteiger partial charge in [0.25, 0.3) is 5.91 Å². The number of nitrogens with zero attached hydrogens (tertiary/aromatic N) is 4. The zero-order valence-electron chi connectivity index (χ0n) is 17.6. The molecule has 4 rings (SSSR count). The largest absolute Gasteiger partial charge is 0.441 e. The van der Waals surface area contributed by atoms with E-state index in [-0.39, 0.29) is 11.9 Å². The van der Waals surface area contributed by atoms with Gasteiger partial charge in [0.15, 0.2) is 11.5 Å². The lowest BCUT2D eigenvalue weighted by Gasteiger charge is -2.26. The predicted octanol–water partition coefficient (Wildman–Crippen LogP) is 4.40. The molecule has 4 aromatic rings. The number of aryl methyl sites for hydroxylation is 3. The van der Waals surface area contributed by atoms with Crippen molar-refractivity contribution < 1.29 is 9.21 Å². The van der Waals surface area contributed by atoms with E-state index >= 15 is 0 Å². The van der Waals surface area contributed by atoms with Crippen LogP contribution in [0.4, 0.5) is 0 Å². The van der Waals surface area contributed by atoms with Crippen LogP contribution in [0.5, 0.6) is 0 Å². The number of hydrogen-bond donors (Lipinski definition) is 0. The Kier molecular flexibility index (Phi) is 5.65. The molecule has 0 N–H and O–H groups in total. The first kappa shape index (κ1) is 19.9. The van der Waals surface area contributed by atoms with E-state index in [1.807, 2.05) is 73.0 Å². The molecule has 0 fully saturated rings. The SMILES string of the molecule is CC(C)N(Cc1nccn1C)C(=O)c1ccc2oc(CCc3ccccc3)nc2c1. The average molecular weight is 402 g/mol. The third-order valence-corrected chi connectivity index (χ3v) is 5.27. The van der Waals surface area contributed by atoms with Crippen molar-refractivity contribution in [1.82, 2.24) is 19.4 Å². The van der Waals surface area contributed by atoms with Gasteiger partial charge < -0.3 is 13.9 Å². The van der Waals surface area contributed by atoms with Crippen molar-refractivity contribution in [1.29, 1.82) is 0 Å². The van der Waals surface area contributed by atoms with Crippen molar-refractivity contribution in [2.24, 2.45) is 7.05 Å². The van der Waals surface area contributed by atoms with E-state index in [1.165, 1.54) is 5.56 Å². The van der Waals surface area contributed by atoms with Crippen LogP contribution in [0.1, 0.15) is 41.5 Å². The molecule has 0 aliphatic carbocycles.